The van der Waals surface area contributed by atoms with Crippen molar-refractivity contribution in [1.82, 2.24) is 9.88 Å². The number of esters is 1. The second-order valence-electron chi connectivity index (χ2n) is 8.97. The number of hydrogen-bond acceptors (Lipinski definition) is 4. The molecule has 0 spiro atoms. The van der Waals surface area contributed by atoms with Crippen LogP contribution in [0.25, 0.3) is 10.9 Å². The zero-order valence-electron chi connectivity index (χ0n) is 19.5. The molecule has 1 unspecified atom stereocenters. The molecule has 0 saturated carbocycles. The van der Waals surface area contributed by atoms with Gasteiger partial charge in [-0.3, -0.25) is 14.5 Å². The Labute approximate surface area is 203 Å². The highest BCUT2D eigenvalue weighted by Gasteiger charge is 2.52. The topological polar surface area (TPSA) is 79.5 Å². The highest BCUT2D eigenvalue weighted by atomic mass is 16.5. The Morgan fingerprint density at radius 3 is 2.34 bits per heavy atom. The van der Waals surface area contributed by atoms with Gasteiger partial charge in [-0.05, 0) is 41.7 Å². The van der Waals surface area contributed by atoms with Gasteiger partial charge in [0.25, 0.3) is 0 Å². The Morgan fingerprint density at radius 1 is 0.971 bits per heavy atom. The molecule has 3 aromatic carbocycles. The molecule has 0 aliphatic carbocycles. The van der Waals surface area contributed by atoms with Crippen LogP contribution in [0, 0.1) is 0 Å². The first-order valence-corrected chi connectivity index (χ1v) is 11.6. The van der Waals surface area contributed by atoms with Gasteiger partial charge in [0.15, 0.2) is 0 Å². The smallest absolute Gasteiger partial charge is 0.340 e. The van der Waals surface area contributed by atoms with Gasteiger partial charge in [-0.1, -0.05) is 66.7 Å². The lowest BCUT2D eigenvalue weighted by molar-refractivity contribution is -0.140. The number of carbonyl (C=O) groups is 3. The average molecular weight is 467 g/mol. The number of carbonyl (C=O) groups excluding carboxylic acids is 3. The second-order valence-corrected chi connectivity index (χ2v) is 8.97. The van der Waals surface area contributed by atoms with Crippen LogP contribution in [0.15, 0.2) is 85.1 Å². The minimum Gasteiger partial charge on any atom is -0.465 e. The third-order valence-electron chi connectivity index (χ3n) is 6.92. The van der Waals surface area contributed by atoms with E-state index < -0.39 is 11.4 Å². The standard InChI is InChI=1S/C29H26N2O4/c1-35-27(33)24-18-30-25-13-12-22(16-23(24)25)29(15-14-20-8-4-2-5-9-20)17-26(32)31(28(29)34)19-21-10-6-3-7-11-21/h2-13,16,18,30H,14-15,17,19H2,1H3. The Balaban J connectivity index is 1.57. The molecule has 1 aliphatic rings. The number of benzene rings is 3. The summed E-state index contributed by atoms with van der Waals surface area (Å²) in [6.45, 7) is 0.241. The third-order valence-corrected chi connectivity index (χ3v) is 6.92. The van der Waals surface area contributed by atoms with E-state index in [1.807, 2.05) is 78.9 Å². The number of nitrogens with zero attached hydrogens (tertiary/aromatic N) is 1. The van der Waals surface area contributed by atoms with E-state index in [0.717, 1.165) is 22.2 Å². The van der Waals surface area contributed by atoms with E-state index in [0.29, 0.717) is 23.8 Å². The summed E-state index contributed by atoms with van der Waals surface area (Å²) >= 11 is 0. The molecule has 176 valence electrons. The molecule has 6 nitrogen and oxygen atoms in total. The largest absolute Gasteiger partial charge is 0.465 e. The first kappa shape index (κ1) is 22.6. The van der Waals surface area contributed by atoms with Crippen molar-refractivity contribution in [2.24, 2.45) is 0 Å². The number of fused-ring (bicyclic) bond motifs is 1. The zero-order chi connectivity index (χ0) is 24.4. The Bertz CT molecular complexity index is 1390. The third kappa shape index (κ3) is 4.12. The van der Waals surface area contributed by atoms with Gasteiger partial charge < -0.3 is 9.72 Å². The normalized spacial score (nSPS) is 17.8. The van der Waals surface area contributed by atoms with E-state index in [1.165, 1.54) is 12.0 Å². The van der Waals surface area contributed by atoms with Crippen LogP contribution in [0.4, 0.5) is 0 Å². The van der Waals surface area contributed by atoms with E-state index in [1.54, 1.807) is 6.20 Å². The molecule has 1 aromatic heterocycles. The second kappa shape index (κ2) is 9.22. The SMILES string of the molecule is COC(=O)c1c[nH]c2ccc(C3(CCc4ccccc4)CC(=O)N(Cc4ccccc4)C3=O)cc12. The molecule has 35 heavy (non-hydrogen) atoms. The van der Waals surface area contributed by atoms with Crippen LogP contribution >= 0.6 is 0 Å². The van der Waals surface area contributed by atoms with Crippen LogP contribution in [0.2, 0.25) is 0 Å². The highest BCUT2D eigenvalue weighted by Crippen LogP contribution is 2.42. The van der Waals surface area contributed by atoms with Crippen LogP contribution in [-0.4, -0.2) is 34.8 Å². The summed E-state index contributed by atoms with van der Waals surface area (Å²) < 4.78 is 4.93. The quantitative estimate of drug-likeness (QED) is 0.314. The summed E-state index contributed by atoms with van der Waals surface area (Å²) in [5.74, 6) is -0.836. The maximum atomic E-state index is 14.0. The molecule has 2 amide bonds. The number of nitrogens with one attached hydrogen (secondary N) is 1. The predicted molar refractivity (Wildman–Crippen MR) is 133 cm³/mol. The van der Waals surface area contributed by atoms with E-state index in [-0.39, 0.29) is 24.8 Å². The van der Waals surface area contributed by atoms with E-state index in [9.17, 15) is 14.4 Å². The molecule has 0 radical (unpaired) electrons. The number of hydrogen-bond donors (Lipinski definition) is 1. The first-order chi connectivity index (χ1) is 17.0. The fourth-order valence-corrected chi connectivity index (χ4v) is 4.99. The van der Waals surface area contributed by atoms with Gasteiger partial charge in [0.2, 0.25) is 11.8 Å². The van der Waals surface area contributed by atoms with Gasteiger partial charge >= 0.3 is 5.97 Å². The van der Waals surface area contributed by atoms with Crippen molar-refractivity contribution in [3.63, 3.8) is 0 Å². The van der Waals surface area contributed by atoms with Gasteiger partial charge in [0.1, 0.15) is 0 Å². The summed E-state index contributed by atoms with van der Waals surface area (Å²) in [5, 5.41) is 0.676. The number of imide groups is 1. The molecule has 4 aromatic rings. The lowest BCUT2D eigenvalue weighted by Crippen LogP contribution is -2.38. The lowest BCUT2D eigenvalue weighted by Gasteiger charge is -2.28. The average Bonchev–Trinajstić information content (AvgIpc) is 3.43. The van der Waals surface area contributed by atoms with Gasteiger partial charge in [-0.25, -0.2) is 4.79 Å². The molecule has 5 rings (SSSR count). The van der Waals surface area contributed by atoms with E-state index >= 15 is 0 Å². The molecule has 1 atom stereocenters. The van der Waals surface area contributed by atoms with E-state index in [4.69, 9.17) is 4.74 Å². The number of aromatic nitrogens is 1. The maximum absolute atomic E-state index is 14.0. The van der Waals surface area contributed by atoms with Crippen LogP contribution in [0.5, 0.6) is 0 Å². The lowest BCUT2D eigenvalue weighted by atomic mass is 9.74. The number of methoxy groups -OCH3 is 1. The van der Waals surface area contributed by atoms with Gasteiger partial charge in [0.05, 0.1) is 24.6 Å². The minimum atomic E-state index is -1.01. The molecular weight excluding hydrogens is 440 g/mol. The number of amides is 2. The van der Waals surface area contributed by atoms with Crippen LogP contribution < -0.4 is 0 Å². The summed E-state index contributed by atoms with van der Waals surface area (Å²) in [7, 11) is 1.34. The summed E-state index contributed by atoms with van der Waals surface area (Å²) in [5.41, 5.74) is 2.90. The predicted octanol–water partition coefficient (Wildman–Crippen LogP) is 4.78. The summed E-state index contributed by atoms with van der Waals surface area (Å²) in [4.78, 5) is 44.0. The Morgan fingerprint density at radius 2 is 1.66 bits per heavy atom. The number of likely N-dealkylation sites (tertiary alicyclic amines) is 1. The molecule has 2 heterocycles. The Kier molecular flexibility index (Phi) is 5.95. The monoisotopic (exact) mass is 466 g/mol. The number of H-pyrrole nitrogens is 1. The van der Waals surface area contributed by atoms with Crippen LogP contribution in [0.3, 0.4) is 0 Å². The summed E-state index contributed by atoms with van der Waals surface area (Å²) in [6.07, 6.45) is 2.83. The Hall–Kier alpha value is -4.19. The molecule has 6 heteroatoms. The summed E-state index contributed by atoms with van der Waals surface area (Å²) in [6, 6.07) is 25.1. The van der Waals surface area contributed by atoms with Crippen LogP contribution in [-0.2, 0) is 32.7 Å². The van der Waals surface area contributed by atoms with Crippen molar-refractivity contribution >= 4 is 28.7 Å². The molecular formula is C29H26N2O4. The molecule has 1 saturated heterocycles. The van der Waals surface area contributed by atoms with Crippen molar-refractivity contribution in [2.45, 2.75) is 31.2 Å². The van der Waals surface area contributed by atoms with Gasteiger partial charge in [-0.2, -0.15) is 0 Å². The number of rotatable bonds is 7. The minimum absolute atomic E-state index is 0.0922. The van der Waals surface area contributed by atoms with Crippen molar-refractivity contribution in [3.8, 4) is 0 Å². The number of aryl methyl sites for hydroxylation is 1. The molecule has 1 fully saturated rings. The fourth-order valence-electron chi connectivity index (χ4n) is 4.99. The molecule has 1 N–H and O–H groups in total. The molecule has 1 aliphatic heterocycles. The van der Waals surface area contributed by atoms with E-state index in [2.05, 4.69) is 4.98 Å². The van der Waals surface area contributed by atoms with Crippen molar-refractivity contribution in [3.05, 3.63) is 107 Å². The number of ether oxygens (including phenoxy) is 1. The zero-order valence-corrected chi connectivity index (χ0v) is 19.5. The number of aromatic amines is 1. The maximum Gasteiger partial charge on any atom is 0.340 e. The highest BCUT2D eigenvalue weighted by molar-refractivity contribution is 6.10. The first-order valence-electron chi connectivity index (χ1n) is 11.6. The van der Waals surface area contributed by atoms with Crippen molar-refractivity contribution in [2.75, 3.05) is 7.11 Å². The fraction of sp³-hybridized carbons (Fsp3) is 0.207. The van der Waals surface area contributed by atoms with Crippen molar-refractivity contribution < 1.29 is 19.1 Å². The van der Waals surface area contributed by atoms with Crippen molar-refractivity contribution in [1.29, 1.82) is 0 Å². The molecule has 0 bridgehead atoms. The van der Waals surface area contributed by atoms with Gasteiger partial charge in [-0.15, -0.1) is 0 Å². The van der Waals surface area contributed by atoms with Crippen LogP contribution in [0.1, 0.15) is 39.9 Å². The van der Waals surface area contributed by atoms with Gasteiger partial charge in [0, 0.05) is 23.5 Å².